The van der Waals surface area contributed by atoms with Crippen LogP contribution in [0.2, 0.25) is 5.02 Å². The van der Waals surface area contributed by atoms with E-state index in [2.05, 4.69) is 25.1 Å². The van der Waals surface area contributed by atoms with E-state index in [1.54, 1.807) is 0 Å². The zero-order valence-electron chi connectivity index (χ0n) is 24.1. The molecule has 0 aliphatic carbocycles. The van der Waals surface area contributed by atoms with Crippen molar-refractivity contribution >= 4 is 34.0 Å². The predicted octanol–water partition coefficient (Wildman–Crippen LogP) is 3.85. The van der Waals surface area contributed by atoms with Gasteiger partial charge in [0.1, 0.15) is 35.1 Å². The van der Waals surface area contributed by atoms with E-state index in [4.69, 9.17) is 36.5 Å². The van der Waals surface area contributed by atoms with Gasteiger partial charge in [0.05, 0.1) is 30.0 Å². The highest BCUT2D eigenvalue weighted by Gasteiger charge is 2.47. The van der Waals surface area contributed by atoms with E-state index in [0.29, 0.717) is 43.0 Å². The molecule has 3 aromatic rings. The minimum Gasteiger partial charge on any atom is -0.472 e. The second-order valence-electron chi connectivity index (χ2n) is 12.4. The van der Waals surface area contributed by atoms with Crippen LogP contribution in [-0.2, 0) is 4.74 Å². The number of morpholine rings is 1. The SMILES string of the molecule is Cc1c(F)c(N)cc(-c2nc3c4c(nc(OC[C@@H]5CC[C@H]6COCCN65)nc4c2F)N2C[C@H]4CC[C@H](N4)[C@H]2[C@H](C)O3)c1Cl. The Hall–Kier alpha value is -3.06. The zero-order chi connectivity index (χ0) is 29.6. The number of hydrogen-bond donors (Lipinski definition) is 2. The first-order chi connectivity index (χ1) is 20.8. The van der Waals surface area contributed by atoms with Gasteiger partial charge >= 0.3 is 6.01 Å². The van der Waals surface area contributed by atoms with Crippen molar-refractivity contribution in [3.05, 3.63) is 28.3 Å². The van der Waals surface area contributed by atoms with Crippen molar-refractivity contribution in [3.63, 3.8) is 0 Å². The molecule has 13 heteroatoms. The van der Waals surface area contributed by atoms with E-state index < -0.39 is 11.6 Å². The zero-order valence-corrected chi connectivity index (χ0v) is 24.8. The number of benzene rings is 1. The number of aromatic nitrogens is 3. The molecule has 8 rings (SSSR count). The number of hydrogen-bond acceptors (Lipinski definition) is 10. The Morgan fingerprint density at radius 1 is 1.16 bits per heavy atom. The molecule has 5 aliphatic heterocycles. The van der Waals surface area contributed by atoms with E-state index in [9.17, 15) is 4.39 Å². The summed E-state index contributed by atoms with van der Waals surface area (Å²) in [6.45, 7) is 6.87. The van der Waals surface area contributed by atoms with Gasteiger partial charge in [-0.15, -0.1) is 0 Å². The van der Waals surface area contributed by atoms with Crippen molar-refractivity contribution in [2.45, 2.75) is 75.8 Å². The van der Waals surface area contributed by atoms with E-state index in [0.717, 1.165) is 38.8 Å². The van der Waals surface area contributed by atoms with Gasteiger partial charge in [0.15, 0.2) is 11.6 Å². The van der Waals surface area contributed by atoms with Gasteiger partial charge in [0.2, 0.25) is 5.88 Å². The molecular weight excluding hydrogens is 580 g/mol. The molecule has 0 amide bonds. The second kappa shape index (κ2) is 10.3. The number of halogens is 3. The van der Waals surface area contributed by atoms with E-state index in [-0.39, 0.29) is 69.2 Å². The number of rotatable bonds is 4. The van der Waals surface area contributed by atoms with Crippen molar-refractivity contribution in [2.24, 2.45) is 0 Å². The number of nitrogens with one attached hydrogen (secondary N) is 1. The van der Waals surface area contributed by atoms with Crippen LogP contribution in [0.4, 0.5) is 20.3 Å². The molecule has 4 saturated heterocycles. The maximum absolute atomic E-state index is 16.7. The summed E-state index contributed by atoms with van der Waals surface area (Å²) in [6, 6.07) is 2.43. The first-order valence-electron chi connectivity index (χ1n) is 15.1. The minimum atomic E-state index is -0.721. The summed E-state index contributed by atoms with van der Waals surface area (Å²) in [5, 5.41) is 4.13. The van der Waals surface area contributed by atoms with Crippen molar-refractivity contribution in [3.8, 4) is 23.1 Å². The quantitative estimate of drug-likeness (QED) is 0.421. The van der Waals surface area contributed by atoms with Crippen LogP contribution in [-0.4, -0.2) is 89.1 Å². The molecule has 5 aliphatic rings. The van der Waals surface area contributed by atoms with Crippen molar-refractivity contribution in [2.75, 3.05) is 43.5 Å². The fraction of sp³-hybridized carbons (Fsp3) is 0.567. The fourth-order valence-electron chi connectivity index (χ4n) is 7.80. The van der Waals surface area contributed by atoms with E-state index in [1.807, 2.05) is 6.92 Å². The largest absolute Gasteiger partial charge is 0.472 e. The van der Waals surface area contributed by atoms with Crippen LogP contribution >= 0.6 is 11.6 Å². The Balaban J connectivity index is 1.27. The summed E-state index contributed by atoms with van der Waals surface area (Å²) >= 11 is 6.55. The van der Waals surface area contributed by atoms with Crippen LogP contribution < -0.4 is 25.4 Å². The Kier molecular flexibility index (Phi) is 6.55. The normalized spacial score (nSPS) is 29.7. The molecule has 6 atom stereocenters. The third-order valence-electron chi connectivity index (χ3n) is 9.91. The molecule has 2 aromatic heterocycles. The van der Waals surface area contributed by atoms with Gasteiger partial charge in [0, 0.05) is 48.4 Å². The van der Waals surface area contributed by atoms with E-state index >= 15 is 4.39 Å². The lowest BCUT2D eigenvalue weighted by atomic mass is 9.99. The molecule has 1 aromatic carbocycles. The molecule has 2 bridgehead atoms. The minimum absolute atomic E-state index is 0.0195. The molecule has 10 nitrogen and oxygen atoms in total. The lowest BCUT2D eigenvalue weighted by Crippen LogP contribution is -2.62. The molecule has 0 spiro atoms. The fourth-order valence-corrected chi connectivity index (χ4v) is 8.03. The molecule has 0 radical (unpaired) electrons. The average molecular weight is 614 g/mol. The Morgan fingerprint density at radius 3 is 2.88 bits per heavy atom. The van der Waals surface area contributed by atoms with Crippen molar-refractivity contribution in [1.82, 2.24) is 25.2 Å². The number of nitrogens with zero attached hydrogens (tertiary/aromatic N) is 5. The smallest absolute Gasteiger partial charge is 0.319 e. The van der Waals surface area contributed by atoms with Crippen LogP contribution in [0.1, 0.15) is 38.2 Å². The molecule has 0 saturated carbocycles. The van der Waals surface area contributed by atoms with Gasteiger partial charge in [-0.3, -0.25) is 4.90 Å². The number of nitrogens with two attached hydrogens (primary N) is 1. The van der Waals surface area contributed by atoms with Gasteiger partial charge in [0.25, 0.3) is 0 Å². The highest BCUT2D eigenvalue weighted by atomic mass is 35.5. The van der Waals surface area contributed by atoms with Gasteiger partial charge < -0.3 is 30.2 Å². The summed E-state index contributed by atoms with van der Waals surface area (Å²) in [4.78, 5) is 18.8. The molecular formula is C30H34ClF2N7O3. The molecule has 43 heavy (non-hydrogen) atoms. The number of piperazine rings is 1. The van der Waals surface area contributed by atoms with E-state index in [1.165, 1.54) is 13.0 Å². The highest BCUT2D eigenvalue weighted by molar-refractivity contribution is 6.34. The Bertz CT molecular complexity index is 1630. The number of pyridine rings is 1. The molecule has 3 N–H and O–H groups in total. The monoisotopic (exact) mass is 613 g/mol. The third kappa shape index (κ3) is 4.32. The van der Waals surface area contributed by atoms with Crippen LogP contribution in [0, 0.1) is 18.6 Å². The van der Waals surface area contributed by atoms with Gasteiger partial charge in [-0.1, -0.05) is 11.6 Å². The Labute approximate surface area is 252 Å². The summed E-state index contributed by atoms with van der Waals surface area (Å²) in [7, 11) is 0. The van der Waals surface area contributed by atoms with Gasteiger partial charge in [-0.2, -0.15) is 9.97 Å². The van der Waals surface area contributed by atoms with Crippen LogP contribution in [0.25, 0.3) is 22.2 Å². The lowest BCUT2D eigenvalue weighted by molar-refractivity contribution is -0.0101. The molecule has 7 heterocycles. The maximum atomic E-state index is 16.7. The van der Waals surface area contributed by atoms with Crippen LogP contribution in [0.15, 0.2) is 6.07 Å². The summed E-state index contributed by atoms with van der Waals surface area (Å²) in [6.07, 6.45) is 3.79. The summed E-state index contributed by atoms with van der Waals surface area (Å²) in [5.41, 5.74) is 5.98. The number of nitrogen functional groups attached to an aromatic ring is 1. The van der Waals surface area contributed by atoms with Crippen LogP contribution in [0.3, 0.4) is 0 Å². The summed E-state index contributed by atoms with van der Waals surface area (Å²) < 4.78 is 49.7. The number of anilines is 2. The first kappa shape index (κ1) is 27.5. The highest BCUT2D eigenvalue weighted by Crippen LogP contribution is 2.45. The third-order valence-corrected chi connectivity index (χ3v) is 10.4. The standard InChI is InChI=1S/C30H34ClF2N7O3/c1-13-22(31)18(9-19(34)23(13)32)25-24(33)26-21-28(38-30(37-26)42-12-17-5-4-16-11-41-8-7-39(16)17)40-10-15-3-6-20(35-15)27(40)14(2)43-29(21)36-25/h9,14-17,20,27,35H,3-8,10-12,34H2,1-2H3/t14-,15+,16-,17-,20-,27+/m0/s1. The van der Waals surface area contributed by atoms with Gasteiger partial charge in [-0.25, -0.2) is 13.8 Å². The second-order valence-corrected chi connectivity index (χ2v) is 12.8. The molecule has 228 valence electrons. The lowest BCUT2D eigenvalue weighted by Gasteiger charge is -2.42. The first-order valence-corrected chi connectivity index (χ1v) is 15.5. The van der Waals surface area contributed by atoms with Crippen LogP contribution in [0.5, 0.6) is 11.9 Å². The molecule has 0 unspecified atom stereocenters. The Morgan fingerprint density at radius 2 is 2.02 bits per heavy atom. The van der Waals surface area contributed by atoms with Crippen molar-refractivity contribution < 1.29 is 23.0 Å². The number of fused-ring (bicyclic) bond motifs is 6. The maximum Gasteiger partial charge on any atom is 0.319 e. The number of ether oxygens (including phenoxy) is 3. The summed E-state index contributed by atoms with van der Waals surface area (Å²) in [5.74, 6) is -0.611. The van der Waals surface area contributed by atoms with Crippen molar-refractivity contribution in [1.29, 1.82) is 0 Å². The predicted molar refractivity (Wildman–Crippen MR) is 158 cm³/mol. The molecule has 4 fully saturated rings. The average Bonchev–Trinajstić information content (AvgIpc) is 3.57. The topological polar surface area (TPSA) is 111 Å². The van der Waals surface area contributed by atoms with Gasteiger partial charge in [-0.05, 0) is 45.6 Å².